The number of amides is 2. The van der Waals surface area contributed by atoms with Crippen LogP contribution in [0.25, 0.3) is 0 Å². The third kappa shape index (κ3) is 17.7. The second kappa shape index (κ2) is 8.74. The summed E-state index contributed by atoms with van der Waals surface area (Å²) in [6, 6.07) is 0. The van der Waals surface area contributed by atoms with Crippen LogP contribution in [0.3, 0.4) is 0 Å². The fraction of sp³-hybridized carbons (Fsp3) is 0. The van der Waals surface area contributed by atoms with E-state index in [1.54, 1.807) is 0 Å². The fourth-order valence-electron chi connectivity index (χ4n) is 0.0833. The summed E-state index contributed by atoms with van der Waals surface area (Å²) in [6.07, 6.45) is -3.75. The van der Waals surface area contributed by atoms with E-state index in [1.165, 1.54) is 0 Å². The quantitative estimate of drug-likeness (QED) is 0.346. The number of carboxylic acid groups (broad SMARTS) is 2. The SMILES string of the molecule is O=C([O-])NC(=O)[O-].[Na+].[Na+]. The Balaban J connectivity index is -0.000000180. The van der Waals surface area contributed by atoms with Gasteiger partial charge in [-0.15, -0.1) is 0 Å². The van der Waals surface area contributed by atoms with Gasteiger partial charge in [0.05, 0.1) is 0 Å². The fourth-order valence-corrected chi connectivity index (χ4v) is 0.0833. The molecule has 0 aliphatic heterocycles. The second-order valence-electron chi connectivity index (χ2n) is 0.700. The van der Waals surface area contributed by atoms with Gasteiger partial charge in [-0.25, -0.2) is 0 Å². The Morgan fingerprint density at radius 1 is 1.00 bits per heavy atom. The summed E-state index contributed by atoms with van der Waals surface area (Å²) in [7, 11) is 0. The summed E-state index contributed by atoms with van der Waals surface area (Å²) in [5.41, 5.74) is 0. The molecule has 0 heterocycles. The Morgan fingerprint density at radius 3 is 1.22 bits per heavy atom. The molecule has 0 bridgehead atoms. The van der Waals surface area contributed by atoms with Gasteiger partial charge >= 0.3 is 59.1 Å². The molecule has 0 spiro atoms. The van der Waals surface area contributed by atoms with E-state index in [9.17, 15) is 0 Å². The van der Waals surface area contributed by atoms with Crippen molar-refractivity contribution in [1.29, 1.82) is 0 Å². The van der Waals surface area contributed by atoms with Gasteiger partial charge in [0.1, 0.15) is 12.2 Å². The maximum atomic E-state index is 9.17. The first kappa shape index (κ1) is 16.4. The van der Waals surface area contributed by atoms with Crippen molar-refractivity contribution < 1.29 is 78.9 Å². The normalized spacial score (nSPS) is 5.78. The predicted molar refractivity (Wildman–Crippen MR) is 13.9 cm³/mol. The van der Waals surface area contributed by atoms with Gasteiger partial charge in [-0.05, 0) is 0 Å². The van der Waals surface area contributed by atoms with Crippen LogP contribution in [-0.2, 0) is 0 Å². The molecule has 40 valence electrons. The number of rotatable bonds is 0. The van der Waals surface area contributed by atoms with Crippen molar-refractivity contribution in [1.82, 2.24) is 5.32 Å². The Labute approximate surface area is 95.4 Å². The van der Waals surface area contributed by atoms with Crippen LogP contribution in [0.15, 0.2) is 0 Å². The minimum absolute atomic E-state index is 0. The van der Waals surface area contributed by atoms with Gasteiger partial charge in [-0.1, -0.05) is 0 Å². The van der Waals surface area contributed by atoms with Gasteiger partial charge in [-0.2, -0.15) is 0 Å². The number of hydrogen-bond donors (Lipinski definition) is 1. The molecule has 0 aromatic carbocycles. The van der Waals surface area contributed by atoms with E-state index >= 15 is 0 Å². The first-order chi connectivity index (χ1) is 3.13. The molecule has 7 heteroatoms. The second-order valence-corrected chi connectivity index (χ2v) is 0.700. The standard InChI is InChI=1S/C2H3NO4.2Na/c4-1(5)3-2(6)7;;/h3H,(H,4,5)(H,6,7);;/q;2*+1/p-2. The summed E-state index contributed by atoms with van der Waals surface area (Å²) >= 11 is 0. The molecule has 0 aromatic heterocycles. The molecular formula is C2HNNa2O4. The Hall–Kier alpha value is 0.740. The molecule has 2 amide bonds. The third-order valence-electron chi connectivity index (χ3n) is 0.204. The summed E-state index contributed by atoms with van der Waals surface area (Å²) in [5, 5.41) is 19.2. The van der Waals surface area contributed by atoms with Crippen molar-refractivity contribution in [3.05, 3.63) is 0 Å². The van der Waals surface area contributed by atoms with Crippen molar-refractivity contribution in [3.63, 3.8) is 0 Å². The maximum absolute atomic E-state index is 9.17. The molecule has 0 unspecified atom stereocenters. The Morgan fingerprint density at radius 2 is 1.22 bits per heavy atom. The third-order valence-corrected chi connectivity index (χ3v) is 0.204. The molecule has 0 aliphatic rings. The summed E-state index contributed by atoms with van der Waals surface area (Å²) < 4.78 is 0. The zero-order valence-corrected chi connectivity index (χ0v) is 9.13. The van der Waals surface area contributed by atoms with Crippen molar-refractivity contribution >= 4 is 12.2 Å². The molecule has 1 N–H and O–H groups in total. The maximum Gasteiger partial charge on any atom is 1.00 e. The minimum Gasteiger partial charge on any atom is -0.530 e. The molecule has 9 heavy (non-hydrogen) atoms. The largest absolute Gasteiger partial charge is 1.00 e. The minimum atomic E-state index is -1.88. The average molecular weight is 149 g/mol. The molecule has 5 nitrogen and oxygen atoms in total. The van der Waals surface area contributed by atoms with Crippen LogP contribution >= 0.6 is 0 Å². The number of nitrogens with one attached hydrogen (secondary N) is 1. The Bertz CT molecular complexity index is 92.7. The first-order valence-corrected chi connectivity index (χ1v) is 1.32. The van der Waals surface area contributed by atoms with Crippen LogP contribution < -0.4 is 74.6 Å². The van der Waals surface area contributed by atoms with E-state index in [2.05, 4.69) is 0 Å². The van der Waals surface area contributed by atoms with E-state index < -0.39 is 12.2 Å². The zero-order valence-electron chi connectivity index (χ0n) is 5.13. The van der Waals surface area contributed by atoms with Gasteiger partial charge in [-0.3, -0.25) is 0 Å². The van der Waals surface area contributed by atoms with Gasteiger partial charge in [0.25, 0.3) is 0 Å². The van der Waals surface area contributed by atoms with Crippen LogP contribution in [-0.4, -0.2) is 12.2 Å². The number of hydrogen-bond acceptors (Lipinski definition) is 4. The summed E-state index contributed by atoms with van der Waals surface area (Å²) in [5.74, 6) is 0. The smallest absolute Gasteiger partial charge is 0.530 e. The van der Waals surface area contributed by atoms with Crippen molar-refractivity contribution in [3.8, 4) is 0 Å². The number of carbonyl (C=O) groups is 2. The first-order valence-electron chi connectivity index (χ1n) is 1.32. The van der Waals surface area contributed by atoms with E-state index in [0.717, 1.165) is 5.32 Å². The summed E-state index contributed by atoms with van der Waals surface area (Å²) in [4.78, 5) is 18.3. The van der Waals surface area contributed by atoms with Crippen LogP contribution in [0.1, 0.15) is 0 Å². The molecule has 0 atom stereocenters. The molecule has 0 aromatic rings. The number of carbonyl (C=O) groups excluding carboxylic acids is 2. The van der Waals surface area contributed by atoms with Gasteiger partial charge in [0.15, 0.2) is 0 Å². The van der Waals surface area contributed by atoms with Gasteiger partial charge in [0.2, 0.25) is 0 Å². The van der Waals surface area contributed by atoms with Gasteiger partial charge in [0, 0.05) is 0 Å². The zero-order chi connectivity index (χ0) is 5.86. The van der Waals surface area contributed by atoms with Crippen LogP contribution in [0.5, 0.6) is 0 Å². The van der Waals surface area contributed by atoms with Gasteiger partial charge < -0.3 is 25.1 Å². The van der Waals surface area contributed by atoms with Crippen LogP contribution in [0.4, 0.5) is 9.59 Å². The molecular weight excluding hydrogens is 148 g/mol. The van der Waals surface area contributed by atoms with Crippen LogP contribution in [0.2, 0.25) is 0 Å². The van der Waals surface area contributed by atoms with E-state index in [0.29, 0.717) is 0 Å². The van der Waals surface area contributed by atoms with E-state index in [-0.39, 0.29) is 59.1 Å². The average Bonchev–Trinajstić information content (AvgIpc) is 1.27. The molecule has 0 aliphatic carbocycles. The molecule has 0 radical (unpaired) electrons. The number of imide groups is 1. The molecule has 0 saturated carbocycles. The molecule has 0 rings (SSSR count). The topological polar surface area (TPSA) is 92.3 Å². The molecule has 0 saturated heterocycles. The Kier molecular flexibility index (Phi) is 15.9. The monoisotopic (exact) mass is 149 g/mol. The van der Waals surface area contributed by atoms with E-state index in [4.69, 9.17) is 19.8 Å². The van der Waals surface area contributed by atoms with E-state index in [1.807, 2.05) is 0 Å². The van der Waals surface area contributed by atoms with Crippen LogP contribution in [0, 0.1) is 0 Å². The molecule has 0 fully saturated rings. The van der Waals surface area contributed by atoms with Crippen molar-refractivity contribution in [2.24, 2.45) is 0 Å². The summed E-state index contributed by atoms with van der Waals surface area (Å²) in [6.45, 7) is 0. The van der Waals surface area contributed by atoms with Crippen molar-refractivity contribution in [2.75, 3.05) is 0 Å². The predicted octanol–water partition coefficient (Wildman–Crippen LogP) is -8.73. The van der Waals surface area contributed by atoms with Crippen molar-refractivity contribution in [2.45, 2.75) is 0 Å².